The molecule has 0 heterocycles. The highest BCUT2D eigenvalue weighted by molar-refractivity contribution is 5.85. The minimum Gasteiger partial charge on any atom is -0.492 e. The standard InChI is InChI=1S/C19H24N2O2.ClH/c1-14-7-6-10-17(13-14)23-12-11-21-19(22)15(2)18(20)16-8-4-3-5-9-16;/h3-10,13,15,18H,11-12,20H2,1-2H3,(H,21,22);1H. The number of carbonyl (C=O) groups excluding carboxylic acids is 1. The van der Waals surface area contributed by atoms with Crippen molar-refractivity contribution in [2.75, 3.05) is 13.2 Å². The van der Waals surface area contributed by atoms with Crippen molar-refractivity contribution in [3.05, 3.63) is 65.7 Å². The van der Waals surface area contributed by atoms with Gasteiger partial charge in [0, 0.05) is 6.04 Å². The number of amides is 1. The van der Waals surface area contributed by atoms with Crippen LogP contribution >= 0.6 is 12.4 Å². The molecule has 2 atom stereocenters. The van der Waals surface area contributed by atoms with Crippen molar-refractivity contribution in [2.45, 2.75) is 19.9 Å². The number of nitrogens with two attached hydrogens (primary N) is 1. The van der Waals surface area contributed by atoms with E-state index in [1.807, 2.05) is 68.4 Å². The lowest BCUT2D eigenvalue weighted by molar-refractivity contribution is -0.125. The fourth-order valence-corrected chi connectivity index (χ4v) is 2.34. The van der Waals surface area contributed by atoms with E-state index in [9.17, 15) is 4.79 Å². The molecule has 0 aliphatic carbocycles. The van der Waals surface area contributed by atoms with Gasteiger partial charge < -0.3 is 15.8 Å². The summed E-state index contributed by atoms with van der Waals surface area (Å²) in [5.41, 5.74) is 8.27. The molecule has 0 radical (unpaired) electrons. The maximum Gasteiger partial charge on any atom is 0.224 e. The maximum atomic E-state index is 12.2. The van der Waals surface area contributed by atoms with Gasteiger partial charge in [-0.1, -0.05) is 49.4 Å². The number of ether oxygens (including phenoxy) is 1. The minimum absolute atomic E-state index is 0. The molecule has 2 aromatic carbocycles. The SMILES string of the molecule is Cc1cccc(OCCNC(=O)C(C)C(N)c2ccccc2)c1.Cl. The molecule has 0 saturated carbocycles. The molecule has 2 aromatic rings. The van der Waals surface area contributed by atoms with E-state index in [1.54, 1.807) is 0 Å². The van der Waals surface area contributed by atoms with Crippen LogP contribution in [-0.2, 0) is 4.79 Å². The van der Waals surface area contributed by atoms with Crippen LogP contribution in [0.15, 0.2) is 54.6 Å². The van der Waals surface area contributed by atoms with E-state index in [1.165, 1.54) is 0 Å². The lowest BCUT2D eigenvalue weighted by Gasteiger charge is -2.19. The van der Waals surface area contributed by atoms with Gasteiger partial charge in [0.1, 0.15) is 12.4 Å². The van der Waals surface area contributed by atoms with Crippen LogP contribution in [0.3, 0.4) is 0 Å². The lowest BCUT2D eigenvalue weighted by Crippen LogP contribution is -2.37. The van der Waals surface area contributed by atoms with E-state index >= 15 is 0 Å². The number of halogens is 1. The molecule has 0 aromatic heterocycles. The van der Waals surface area contributed by atoms with Crippen molar-refractivity contribution >= 4 is 18.3 Å². The molecule has 2 rings (SSSR count). The number of nitrogens with one attached hydrogen (secondary N) is 1. The highest BCUT2D eigenvalue weighted by Crippen LogP contribution is 2.19. The summed E-state index contributed by atoms with van der Waals surface area (Å²) in [6.07, 6.45) is 0. The second-order valence-corrected chi connectivity index (χ2v) is 5.68. The van der Waals surface area contributed by atoms with Crippen molar-refractivity contribution in [3.63, 3.8) is 0 Å². The zero-order valence-corrected chi connectivity index (χ0v) is 14.9. The number of carbonyl (C=O) groups is 1. The molecule has 0 aliphatic heterocycles. The van der Waals surface area contributed by atoms with Crippen LogP contribution in [0.5, 0.6) is 5.75 Å². The molecule has 1 amide bonds. The third kappa shape index (κ3) is 5.87. The molecule has 4 nitrogen and oxygen atoms in total. The van der Waals surface area contributed by atoms with Crippen LogP contribution in [0.25, 0.3) is 0 Å². The van der Waals surface area contributed by atoms with Crippen molar-refractivity contribution in [3.8, 4) is 5.75 Å². The summed E-state index contributed by atoms with van der Waals surface area (Å²) in [4.78, 5) is 12.2. The molecule has 0 spiro atoms. The van der Waals surface area contributed by atoms with E-state index < -0.39 is 0 Å². The summed E-state index contributed by atoms with van der Waals surface area (Å²) in [6.45, 7) is 4.75. The normalized spacial score (nSPS) is 12.6. The number of rotatable bonds is 7. The molecular weight excluding hydrogens is 324 g/mol. The fraction of sp³-hybridized carbons (Fsp3) is 0.316. The van der Waals surface area contributed by atoms with E-state index in [4.69, 9.17) is 10.5 Å². The largest absolute Gasteiger partial charge is 0.492 e. The van der Waals surface area contributed by atoms with E-state index in [0.29, 0.717) is 13.2 Å². The van der Waals surface area contributed by atoms with E-state index in [-0.39, 0.29) is 30.3 Å². The molecule has 3 N–H and O–H groups in total. The molecule has 0 aliphatic rings. The van der Waals surface area contributed by atoms with Gasteiger partial charge in [-0.15, -0.1) is 12.4 Å². The zero-order valence-electron chi connectivity index (χ0n) is 14.1. The molecular formula is C19H25ClN2O2. The Balaban J connectivity index is 0.00000288. The van der Waals surface area contributed by atoms with Crippen LogP contribution < -0.4 is 15.8 Å². The number of hydrogen-bond acceptors (Lipinski definition) is 3. The Morgan fingerprint density at radius 3 is 2.54 bits per heavy atom. The Kier molecular flexibility index (Phi) is 8.30. The van der Waals surface area contributed by atoms with Gasteiger partial charge >= 0.3 is 0 Å². The number of aryl methyl sites for hydroxylation is 1. The third-order valence-electron chi connectivity index (χ3n) is 3.80. The van der Waals surface area contributed by atoms with Crippen molar-refractivity contribution in [1.82, 2.24) is 5.32 Å². The van der Waals surface area contributed by atoms with E-state index in [0.717, 1.165) is 16.9 Å². The average Bonchev–Trinajstić information content (AvgIpc) is 2.58. The summed E-state index contributed by atoms with van der Waals surface area (Å²) in [5, 5.41) is 2.87. The van der Waals surface area contributed by atoms with Crippen LogP contribution in [0.4, 0.5) is 0 Å². The van der Waals surface area contributed by atoms with Crippen LogP contribution in [-0.4, -0.2) is 19.1 Å². The number of benzene rings is 2. The average molecular weight is 349 g/mol. The summed E-state index contributed by atoms with van der Waals surface area (Å²) < 4.78 is 5.62. The second kappa shape index (κ2) is 9.96. The molecule has 130 valence electrons. The lowest BCUT2D eigenvalue weighted by atomic mass is 9.95. The van der Waals surface area contributed by atoms with Gasteiger partial charge in [-0.3, -0.25) is 4.79 Å². The Morgan fingerprint density at radius 1 is 1.17 bits per heavy atom. The van der Waals surface area contributed by atoms with Crippen molar-refractivity contribution in [1.29, 1.82) is 0 Å². The molecule has 0 fully saturated rings. The highest BCUT2D eigenvalue weighted by Gasteiger charge is 2.21. The molecule has 2 unspecified atom stereocenters. The van der Waals surface area contributed by atoms with Crippen molar-refractivity contribution in [2.24, 2.45) is 11.7 Å². The predicted octanol–water partition coefficient (Wildman–Crippen LogP) is 3.25. The maximum absolute atomic E-state index is 12.2. The van der Waals surface area contributed by atoms with Gasteiger partial charge in [0.25, 0.3) is 0 Å². The monoisotopic (exact) mass is 348 g/mol. The van der Waals surface area contributed by atoms with Gasteiger partial charge in [0.05, 0.1) is 12.5 Å². The summed E-state index contributed by atoms with van der Waals surface area (Å²) in [6, 6.07) is 17.2. The third-order valence-corrected chi connectivity index (χ3v) is 3.80. The first-order chi connectivity index (χ1) is 11.1. The first-order valence-electron chi connectivity index (χ1n) is 7.85. The smallest absolute Gasteiger partial charge is 0.224 e. The van der Waals surface area contributed by atoms with Crippen LogP contribution in [0.1, 0.15) is 24.1 Å². The van der Waals surface area contributed by atoms with Gasteiger partial charge in [-0.25, -0.2) is 0 Å². The first kappa shape index (κ1) is 20.0. The molecule has 0 bridgehead atoms. The molecule has 5 heteroatoms. The van der Waals surface area contributed by atoms with E-state index in [2.05, 4.69) is 5.32 Å². The molecule has 0 saturated heterocycles. The Hall–Kier alpha value is -2.04. The fourth-order valence-electron chi connectivity index (χ4n) is 2.34. The van der Waals surface area contributed by atoms with Gasteiger partial charge in [0.15, 0.2) is 0 Å². The zero-order chi connectivity index (χ0) is 16.7. The summed E-state index contributed by atoms with van der Waals surface area (Å²) >= 11 is 0. The van der Waals surface area contributed by atoms with Gasteiger partial charge in [-0.2, -0.15) is 0 Å². The van der Waals surface area contributed by atoms with Crippen LogP contribution in [0, 0.1) is 12.8 Å². The van der Waals surface area contributed by atoms with Gasteiger partial charge in [0.2, 0.25) is 5.91 Å². The predicted molar refractivity (Wildman–Crippen MR) is 99.5 cm³/mol. The van der Waals surface area contributed by atoms with Gasteiger partial charge in [-0.05, 0) is 30.2 Å². The minimum atomic E-state index is -0.311. The Labute approximate surface area is 149 Å². The highest BCUT2D eigenvalue weighted by atomic mass is 35.5. The molecule has 24 heavy (non-hydrogen) atoms. The topological polar surface area (TPSA) is 64.3 Å². The second-order valence-electron chi connectivity index (χ2n) is 5.68. The Morgan fingerprint density at radius 2 is 1.88 bits per heavy atom. The summed E-state index contributed by atoms with van der Waals surface area (Å²) in [5.74, 6) is 0.457. The van der Waals surface area contributed by atoms with Crippen molar-refractivity contribution < 1.29 is 9.53 Å². The Bertz CT molecular complexity index is 634. The van der Waals surface area contributed by atoms with Crippen LogP contribution in [0.2, 0.25) is 0 Å². The quantitative estimate of drug-likeness (QED) is 0.755. The summed E-state index contributed by atoms with van der Waals surface area (Å²) in [7, 11) is 0. The first-order valence-corrected chi connectivity index (χ1v) is 7.85. The number of hydrogen-bond donors (Lipinski definition) is 2.